The summed E-state index contributed by atoms with van der Waals surface area (Å²) in [6.07, 6.45) is 12.3. The molecule has 1 fully saturated rings. The summed E-state index contributed by atoms with van der Waals surface area (Å²) in [6.45, 7) is 2.15. The van der Waals surface area contributed by atoms with Crippen molar-refractivity contribution in [3.8, 4) is 0 Å². The molecule has 0 N–H and O–H groups in total. The average molecular weight is 281 g/mol. The van der Waals surface area contributed by atoms with Gasteiger partial charge in [-0.1, -0.05) is 25.7 Å². The molecule has 1 heterocycles. The molecule has 0 atom stereocenters. The highest BCUT2D eigenvalue weighted by Crippen LogP contribution is 2.36. The van der Waals surface area contributed by atoms with Crippen LogP contribution in [-0.4, -0.2) is 34.0 Å². The van der Waals surface area contributed by atoms with Crippen LogP contribution in [0.2, 0.25) is 0 Å². The normalized spacial score (nSPS) is 19.6. The molecule has 0 unspecified atom stereocenters. The van der Waals surface area contributed by atoms with Gasteiger partial charge in [-0.05, 0) is 31.1 Å². The highest BCUT2D eigenvalue weighted by atomic mass is 32.1. The van der Waals surface area contributed by atoms with Crippen LogP contribution in [-0.2, 0) is 13.6 Å². The van der Waals surface area contributed by atoms with Crippen LogP contribution < -0.4 is 0 Å². The molecule has 0 saturated heterocycles. The van der Waals surface area contributed by atoms with Crippen molar-refractivity contribution in [2.45, 2.75) is 45.1 Å². The summed E-state index contributed by atoms with van der Waals surface area (Å²) in [6, 6.07) is 0. The Hall–Kier alpha value is -0.480. The molecule has 108 valence electrons. The lowest BCUT2D eigenvalue weighted by molar-refractivity contribution is 0.170. The van der Waals surface area contributed by atoms with Gasteiger partial charge in [0.15, 0.2) is 0 Å². The van der Waals surface area contributed by atoms with Gasteiger partial charge in [0.2, 0.25) is 0 Å². The van der Waals surface area contributed by atoms with Gasteiger partial charge in [-0.2, -0.15) is 17.7 Å². The van der Waals surface area contributed by atoms with Crippen LogP contribution in [0, 0.1) is 5.41 Å². The number of nitrogens with zero attached hydrogens (tertiary/aromatic N) is 3. The maximum Gasteiger partial charge on any atom is 0.0534 e. The standard InChI is InChI=1S/C15H27N3S/c1-17(10-14-9-16-18(2)11-14)12-15(13-19)7-5-3-4-6-8-15/h9,11,19H,3-8,10,12-13H2,1-2H3. The Bertz CT molecular complexity index is 380. The molecule has 19 heavy (non-hydrogen) atoms. The van der Waals surface area contributed by atoms with Gasteiger partial charge in [-0.15, -0.1) is 0 Å². The smallest absolute Gasteiger partial charge is 0.0534 e. The predicted octanol–water partition coefficient (Wildman–Crippen LogP) is 3.12. The second-order valence-corrected chi connectivity index (χ2v) is 6.58. The van der Waals surface area contributed by atoms with Crippen LogP contribution >= 0.6 is 12.6 Å². The van der Waals surface area contributed by atoms with Crippen molar-refractivity contribution in [2.24, 2.45) is 12.5 Å². The van der Waals surface area contributed by atoms with Gasteiger partial charge in [0.05, 0.1) is 6.20 Å². The largest absolute Gasteiger partial charge is 0.301 e. The Kier molecular flexibility index (Phi) is 5.34. The van der Waals surface area contributed by atoms with Gasteiger partial charge in [0.25, 0.3) is 0 Å². The Morgan fingerprint density at radius 1 is 1.32 bits per heavy atom. The van der Waals surface area contributed by atoms with Crippen LogP contribution in [0.15, 0.2) is 12.4 Å². The maximum atomic E-state index is 4.66. The van der Waals surface area contributed by atoms with Crippen LogP contribution in [0.4, 0.5) is 0 Å². The first-order valence-corrected chi connectivity index (χ1v) is 8.04. The molecule has 1 aromatic rings. The highest BCUT2D eigenvalue weighted by molar-refractivity contribution is 7.80. The van der Waals surface area contributed by atoms with Crippen LogP contribution in [0.3, 0.4) is 0 Å². The van der Waals surface area contributed by atoms with Gasteiger partial charge < -0.3 is 4.90 Å². The molecule has 0 aliphatic heterocycles. The summed E-state index contributed by atoms with van der Waals surface area (Å²) in [7, 11) is 4.20. The van der Waals surface area contributed by atoms with Crippen LogP contribution in [0.1, 0.15) is 44.1 Å². The van der Waals surface area contributed by atoms with E-state index in [9.17, 15) is 0 Å². The predicted molar refractivity (Wildman–Crippen MR) is 83.5 cm³/mol. The van der Waals surface area contributed by atoms with E-state index < -0.39 is 0 Å². The Morgan fingerprint density at radius 3 is 2.53 bits per heavy atom. The molecular formula is C15H27N3S. The minimum absolute atomic E-state index is 0.427. The monoisotopic (exact) mass is 281 g/mol. The zero-order valence-electron chi connectivity index (χ0n) is 12.3. The van der Waals surface area contributed by atoms with Crippen molar-refractivity contribution in [2.75, 3.05) is 19.3 Å². The number of hydrogen-bond donors (Lipinski definition) is 1. The Labute approximate surface area is 122 Å². The van der Waals surface area contributed by atoms with E-state index in [2.05, 4.69) is 35.9 Å². The molecule has 3 nitrogen and oxygen atoms in total. The molecule has 0 aromatic carbocycles. The van der Waals surface area contributed by atoms with E-state index in [1.807, 2.05) is 17.9 Å². The van der Waals surface area contributed by atoms with Crippen molar-refractivity contribution < 1.29 is 0 Å². The molecule has 1 saturated carbocycles. The molecule has 1 aliphatic carbocycles. The Balaban J connectivity index is 1.93. The van der Waals surface area contributed by atoms with E-state index in [0.29, 0.717) is 5.41 Å². The molecule has 1 aromatic heterocycles. The number of rotatable bonds is 5. The molecule has 0 spiro atoms. The third-order valence-corrected chi connectivity index (χ3v) is 4.99. The fourth-order valence-electron chi connectivity index (χ4n) is 3.34. The quantitative estimate of drug-likeness (QED) is 0.661. The van der Waals surface area contributed by atoms with E-state index in [1.165, 1.54) is 44.1 Å². The lowest BCUT2D eigenvalue weighted by atomic mass is 9.81. The fourth-order valence-corrected chi connectivity index (χ4v) is 3.75. The average Bonchev–Trinajstić information content (AvgIpc) is 2.65. The van der Waals surface area contributed by atoms with E-state index in [-0.39, 0.29) is 0 Å². The summed E-state index contributed by atoms with van der Waals surface area (Å²) in [5, 5.41) is 4.24. The number of aryl methyl sites for hydroxylation is 1. The lowest BCUT2D eigenvalue weighted by Crippen LogP contribution is -2.36. The zero-order valence-corrected chi connectivity index (χ0v) is 13.2. The van der Waals surface area contributed by atoms with Crippen molar-refractivity contribution in [3.63, 3.8) is 0 Å². The highest BCUT2D eigenvalue weighted by Gasteiger charge is 2.30. The van der Waals surface area contributed by atoms with Gasteiger partial charge in [-0.3, -0.25) is 4.68 Å². The van der Waals surface area contributed by atoms with Crippen molar-refractivity contribution in [3.05, 3.63) is 18.0 Å². The fraction of sp³-hybridized carbons (Fsp3) is 0.800. The third-order valence-electron chi connectivity index (χ3n) is 4.32. The third kappa shape index (κ3) is 4.25. The van der Waals surface area contributed by atoms with Gasteiger partial charge >= 0.3 is 0 Å². The van der Waals surface area contributed by atoms with Gasteiger partial charge in [0, 0.05) is 31.9 Å². The summed E-state index contributed by atoms with van der Waals surface area (Å²) >= 11 is 4.66. The first kappa shape index (κ1) is 14.9. The van der Waals surface area contributed by atoms with Crippen LogP contribution in [0.25, 0.3) is 0 Å². The first-order chi connectivity index (χ1) is 9.13. The van der Waals surface area contributed by atoms with Crippen LogP contribution in [0.5, 0.6) is 0 Å². The Morgan fingerprint density at radius 2 is 2.00 bits per heavy atom. The molecule has 0 bridgehead atoms. The topological polar surface area (TPSA) is 21.1 Å². The minimum Gasteiger partial charge on any atom is -0.301 e. The van der Waals surface area contributed by atoms with Crippen molar-refractivity contribution >= 4 is 12.6 Å². The summed E-state index contributed by atoms with van der Waals surface area (Å²) in [5.41, 5.74) is 1.73. The van der Waals surface area contributed by atoms with Gasteiger partial charge in [-0.25, -0.2) is 0 Å². The zero-order chi connectivity index (χ0) is 13.7. The van der Waals surface area contributed by atoms with Crippen molar-refractivity contribution in [1.29, 1.82) is 0 Å². The van der Waals surface area contributed by atoms with E-state index in [0.717, 1.165) is 18.8 Å². The number of aromatic nitrogens is 2. The lowest BCUT2D eigenvalue weighted by Gasteiger charge is -2.35. The molecule has 2 rings (SSSR count). The molecular weight excluding hydrogens is 254 g/mol. The summed E-state index contributed by atoms with van der Waals surface area (Å²) in [4.78, 5) is 2.44. The van der Waals surface area contributed by atoms with Gasteiger partial charge in [0.1, 0.15) is 0 Å². The second kappa shape index (κ2) is 6.80. The SMILES string of the molecule is CN(Cc1cnn(C)c1)CC1(CS)CCCCCC1. The summed E-state index contributed by atoms with van der Waals surface area (Å²) < 4.78 is 1.88. The second-order valence-electron chi connectivity index (χ2n) is 6.27. The number of hydrogen-bond acceptors (Lipinski definition) is 3. The van der Waals surface area contributed by atoms with E-state index in [4.69, 9.17) is 0 Å². The number of thiol groups is 1. The molecule has 4 heteroatoms. The molecule has 0 amide bonds. The maximum absolute atomic E-state index is 4.66. The van der Waals surface area contributed by atoms with E-state index in [1.54, 1.807) is 0 Å². The molecule has 0 radical (unpaired) electrons. The van der Waals surface area contributed by atoms with E-state index >= 15 is 0 Å². The molecule has 1 aliphatic rings. The summed E-state index contributed by atoms with van der Waals surface area (Å²) in [5.74, 6) is 1.02. The first-order valence-electron chi connectivity index (χ1n) is 7.40. The van der Waals surface area contributed by atoms with Crippen molar-refractivity contribution in [1.82, 2.24) is 14.7 Å². The minimum atomic E-state index is 0.427.